The highest BCUT2D eigenvalue weighted by Crippen LogP contribution is 2.31. The summed E-state index contributed by atoms with van der Waals surface area (Å²) in [5, 5.41) is 13.7. The molecule has 2 heteroatoms. The van der Waals surface area contributed by atoms with Crippen LogP contribution in [0.2, 0.25) is 0 Å². The Hall–Kier alpha value is -0.860. The fraction of sp³-hybridized carbons (Fsp3) is 0.571. The number of benzene rings is 1. The Balaban J connectivity index is 2.15. The van der Waals surface area contributed by atoms with Crippen LogP contribution in [0.25, 0.3) is 0 Å². The second-order valence-electron chi connectivity index (χ2n) is 4.63. The van der Waals surface area contributed by atoms with Crippen molar-refractivity contribution in [2.24, 2.45) is 0 Å². The summed E-state index contributed by atoms with van der Waals surface area (Å²) in [5.41, 5.74) is 2.57. The lowest BCUT2D eigenvalue weighted by Gasteiger charge is -2.24. The molecular weight excluding hydrogens is 198 g/mol. The minimum Gasteiger partial charge on any atom is -0.391 e. The Bertz CT molecular complexity index is 346. The molecule has 2 unspecified atom stereocenters. The van der Waals surface area contributed by atoms with Crippen LogP contribution in [0.1, 0.15) is 43.9 Å². The summed E-state index contributed by atoms with van der Waals surface area (Å²) in [6.45, 7) is 4.38. The fourth-order valence-electron chi connectivity index (χ4n) is 2.55. The van der Waals surface area contributed by atoms with Gasteiger partial charge in [-0.2, -0.15) is 0 Å². The Morgan fingerprint density at radius 1 is 1.31 bits per heavy atom. The zero-order valence-electron chi connectivity index (χ0n) is 10.1. The van der Waals surface area contributed by atoms with Crippen LogP contribution in [-0.4, -0.2) is 17.3 Å². The van der Waals surface area contributed by atoms with E-state index in [1.54, 1.807) is 0 Å². The van der Waals surface area contributed by atoms with E-state index in [0.717, 1.165) is 19.3 Å². The third-order valence-electron chi connectivity index (χ3n) is 3.60. The Morgan fingerprint density at radius 3 is 2.69 bits per heavy atom. The summed E-state index contributed by atoms with van der Waals surface area (Å²) >= 11 is 0. The van der Waals surface area contributed by atoms with Gasteiger partial charge in [0, 0.05) is 12.5 Å². The third kappa shape index (κ3) is 2.13. The number of hydrogen-bond donors (Lipinski definition) is 2. The number of rotatable bonds is 4. The lowest BCUT2D eigenvalue weighted by atomic mass is 10.0. The molecule has 0 heterocycles. The van der Waals surface area contributed by atoms with Crippen LogP contribution >= 0.6 is 0 Å². The van der Waals surface area contributed by atoms with Crippen molar-refractivity contribution in [2.45, 2.75) is 51.3 Å². The average molecular weight is 219 g/mol. The Labute approximate surface area is 97.7 Å². The molecule has 0 aliphatic heterocycles. The maximum atomic E-state index is 10.1. The summed E-state index contributed by atoms with van der Waals surface area (Å²) in [5.74, 6) is 0. The first-order chi connectivity index (χ1) is 7.76. The largest absolute Gasteiger partial charge is 0.391 e. The molecule has 0 amide bonds. The molecule has 1 aliphatic carbocycles. The molecule has 1 aliphatic rings. The van der Waals surface area contributed by atoms with Gasteiger partial charge < -0.3 is 10.4 Å². The van der Waals surface area contributed by atoms with Gasteiger partial charge in [-0.1, -0.05) is 38.1 Å². The van der Waals surface area contributed by atoms with Gasteiger partial charge in [0.25, 0.3) is 0 Å². The van der Waals surface area contributed by atoms with Gasteiger partial charge in [0.15, 0.2) is 0 Å². The summed E-state index contributed by atoms with van der Waals surface area (Å²) < 4.78 is 0. The zero-order valence-corrected chi connectivity index (χ0v) is 10.1. The molecule has 0 bridgehead atoms. The summed E-state index contributed by atoms with van der Waals surface area (Å²) in [6.07, 6.45) is 2.75. The molecular formula is C14H21NO. The van der Waals surface area contributed by atoms with Crippen LogP contribution in [0.4, 0.5) is 0 Å². The predicted octanol–water partition coefficient (Wildman–Crippen LogP) is 2.42. The number of nitrogens with one attached hydrogen (secondary N) is 1. The van der Waals surface area contributed by atoms with Crippen molar-refractivity contribution in [1.82, 2.24) is 5.32 Å². The molecule has 2 N–H and O–H groups in total. The van der Waals surface area contributed by atoms with Crippen LogP contribution in [0.3, 0.4) is 0 Å². The van der Waals surface area contributed by atoms with Gasteiger partial charge in [-0.15, -0.1) is 0 Å². The van der Waals surface area contributed by atoms with Crippen molar-refractivity contribution < 1.29 is 5.11 Å². The fourth-order valence-corrected chi connectivity index (χ4v) is 2.55. The number of aliphatic hydroxyl groups excluding tert-OH is 1. The smallest absolute Gasteiger partial charge is 0.0775 e. The topological polar surface area (TPSA) is 32.3 Å². The van der Waals surface area contributed by atoms with Gasteiger partial charge in [0.2, 0.25) is 0 Å². The van der Waals surface area contributed by atoms with Crippen molar-refractivity contribution in [3.05, 3.63) is 35.4 Å². The number of fused-ring (bicyclic) bond motifs is 1. The highest BCUT2D eigenvalue weighted by Gasteiger charge is 2.31. The molecule has 0 saturated heterocycles. The van der Waals surface area contributed by atoms with E-state index >= 15 is 0 Å². The first kappa shape index (κ1) is 11.6. The molecule has 2 atom stereocenters. The zero-order chi connectivity index (χ0) is 11.5. The molecule has 16 heavy (non-hydrogen) atoms. The average Bonchev–Trinajstić information content (AvgIpc) is 2.62. The first-order valence-corrected chi connectivity index (χ1v) is 6.28. The van der Waals surface area contributed by atoms with E-state index in [-0.39, 0.29) is 12.1 Å². The molecule has 2 nitrogen and oxygen atoms in total. The molecule has 0 aromatic heterocycles. The van der Waals surface area contributed by atoms with Crippen LogP contribution < -0.4 is 5.32 Å². The van der Waals surface area contributed by atoms with Gasteiger partial charge in [-0.25, -0.2) is 0 Å². The standard InChI is InChI=1S/C14H21NO/c1-3-11(4-2)15-14-12-8-6-5-7-10(12)9-13(14)16/h5-8,11,13-16H,3-4,9H2,1-2H3. The highest BCUT2D eigenvalue weighted by molar-refractivity contribution is 5.36. The van der Waals surface area contributed by atoms with Gasteiger partial charge in [0.05, 0.1) is 12.1 Å². The van der Waals surface area contributed by atoms with Gasteiger partial charge in [-0.3, -0.25) is 0 Å². The van der Waals surface area contributed by atoms with E-state index in [4.69, 9.17) is 0 Å². The molecule has 1 aromatic carbocycles. The monoisotopic (exact) mass is 219 g/mol. The van der Waals surface area contributed by atoms with Crippen molar-refractivity contribution in [2.75, 3.05) is 0 Å². The second-order valence-corrected chi connectivity index (χ2v) is 4.63. The summed E-state index contributed by atoms with van der Waals surface area (Å²) in [6, 6.07) is 8.98. The van der Waals surface area contributed by atoms with Crippen LogP contribution in [0.15, 0.2) is 24.3 Å². The normalized spacial score (nSPS) is 23.8. The van der Waals surface area contributed by atoms with Crippen molar-refractivity contribution in [3.63, 3.8) is 0 Å². The Kier molecular flexibility index (Phi) is 3.62. The van der Waals surface area contributed by atoms with Gasteiger partial charge in [0.1, 0.15) is 0 Å². The summed E-state index contributed by atoms with van der Waals surface area (Å²) in [7, 11) is 0. The molecule has 0 spiro atoms. The van der Waals surface area contributed by atoms with Crippen LogP contribution in [0, 0.1) is 0 Å². The number of hydrogen-bond acceptors (Lipinski definition) is 2. The van der Waals surface area contributed by atoms with Crippen molar-refractivity contribution in [3.8, 4) is 0 Å². The van der Waals surface area contributed by atoms with Crippen LogP contribution in [-0.2, 0) is 6.42 Å². The summed E-state index contributed by atoms with van der Waals surface area (Å²) in [4.78, 5) is 0. The SMILES string of the molecule is CCC(CC)NC1c2ccccc2CC1O. The minimum absolute atomic E-state index is 0.126. The van der Waals surface area contributed by atoms with E-state index in [0.29, 0.717) is 6.04 Å². The van der Waals surface area contributed by atoms with E-state index in [1.807, 2.05) is 6.07 Å². The molecule has 0 saturated carbocycles. The molecule has 88 valence electrons. The van der Waals surface area contributed by atoms with Gasteiger partial charge in [-0.05, 0) is 24.0 Å². The quantitative estimate of drug-likeness (QED) is 0.815. The van der Waals surface area contributed by atoms with E-state index in [1.165, 1.54) is 11.1 Å². The third-order valence-corrected chi connectivity index (χ3v) is 3.60. The minimum atomic E-state index is -0.266. The molecule has 0 fully saturated rings. The molecule has 0 radical (unpaired) electrons. The highest BCUT2D eigenvalue weighted by atomic mass is 16.3. The lowest BCUT2D eigenvalue weighted by Crippen LogP contribution is -2.36. The first-order valence-electron chi connectivity index (χ1n) is 6.28. The molecule has 2 rings (SSSR count). The maximum absolute atomic E-state index is 10.1. The second kappa shape index (κ2) is 4.98. The molecule has 1 aromatic rings. The maximum Gasteiger partial charge on any atom is 0.0775 e. The van der Waals surface area contributed by atoms with Crippen molar-refractivity contribution >= 4 is 0 Å². The lowest BCUT2D eigenvalue weighted by molar-refractivity contribution is 0.133. The van der Waals surface area contributed by atoms with Crippen LogP contribution in [0.5, 0.6) is 0 Å². The van der Waals surface area contributed by atoms with E-state index < -0.39 is 0 Å². The number of aliphatic hydroxyl groups is 1. The Morgan fingerprint density at radius 2 is 2.00 bits per heavy atom. The predicted molar refractivity (Wildman–Crippen MR) is 66.4 cm³/mol. The van der Waals surface area contributed by atoms with E-state index in [9.17, 15) is 5.11 Å². The van der Waals surface area contributed by atoms with Gasteiger partial charge >= 0.3 is 0 Å². The van der Waals surface area contributed by atoms with Crippen molar-refractivity contribution in [1.29, 1.82) is 0 Å². The van der Waals surface area contributed by atoms with E-state index in [2.05, 4.69) is 37.4 Å².